The van der Waals surface area contributed by atoms with E-state index >= 15 is 0 Å². The summed E-state index contributed by atoms with van der Waals surface area (Å²) >= 11 is 0. The van der Waals surface area contributed by atoms with Gasteiger partial charge in [0.05, 0.1) is 26.1 Å². The van der Waals surface area contributed by atoms with E-state index in [1.54, 1.807) is 13.4 Å². The Morgan fingerprint density at radius 2 is 1.89 bits per heavy atom. The number of rotatable bonds is 5. The van der Waals surface area contributed by atoms with Gasteiger partial charge < -0.3 is 31.5 Å². The lowest BCUT2D eigenvalue weighted by atomic mass is 10.4. The van der Waals surface area contributed by atoms with Gasteiger partial charge in [-0.2, -0.15) is 4.98 Å². The summed E-state index contributed by atoms with van der Waals surface area (Å²) < 4.78 is 9.82. The molecular formula is C16H26ClN7O3. The second-order valence-electron chi connectivity index (χ2n) is 6.53. The molecule has 0 aliphatic carbocycles. The molecule has 1 aliphatic heterocycles. The monoisotopic (exact) mass is 399 g/mol. The normalized spacial score (nSPS) is 14.7. The first kappa shape index (κ1) is 21.0. The molecule has 0 saturated carbocycles. The van der Waals surface area contributed by atoms with E-state index in [0.717, 1.165) is 4.57 Å². The van der Waals surface area contributed by atoms with Crippen molar-refractivity contribution in [1.29, 1.82) is 0 Å². The minimum atomic E-state index is -0.383. The van der Waals surface area contributed by atoms with Crippen LogP contribution in [0.5, 0.6) is 0 Å². The molecule has 27 heavy (non-hydrogen) atoms. The molecular weight excluding hydrogens is 374 g/mol. The lowest BCUT2D eigenvalue weighted by Crippen LogP contribution is -3.00. The van der Waals surface area contributed by atoms with Crippen LogP contribution in [0.2, 0.25) is 0 Å². The van der Waals surface area contributed by atoms with E-state index in [1.807, 2.05) is 23.6 Å². The summed E-state index contributed by atoms with van der Waals surface area (Å²) in [6.45, 7) is 3.61. The number of aryl methyl sites for hydroxylation is 1. The standard InChI is InChI=1S/C16H25N7O3.ClH/c1-19(2)11-17-5-6-23-12-13(20(3)16(25)21(4)14(12)24)18-15(23)22-7-9-26-10-8-22;/h11H,5-10H2,1-4H3;1H. The fourth-order valence-corrected chi connectivity index (χ4v) is 3.03. The molecule has 0 radical (unpaired) electrons. The van der Waals surface area contributed by atoms with Crippen LogP contribution in [0.15, 0.2) is 14.6 Å². The topological polar surface area (TPSA) is 89.9 Å². The molecule has 10 nitrogen and oxygen atoms in total. The Morgan fingerprint density at radius 1 is 1.22 bits per heavy atom. The van der Waals surface area contributed by atoms with Crippen LogP contribution in [0, 0.1) is 0 Å². The summed E-state index contributed by atoms with van der Waals surface area (Å²) in [7, 11) is 6.93. The zero-order valence-electron chi connectivity index (χ0n) is 17.1. The van der Waals surface area contributed by atoms with Gasteiger partial charge in [0.2, 0.25) is 5.95 Å². The van der Waals surface area contributed by atoms with Gasteiger partial charge >= 0.3 is 7.12 Å². The van der Waals surface area contributed by atoms with Crippen LogP contribution >= 0.6 is 0 Å². The number of ether oxygens (including phenoxy) is 1. The molecule has 3 heterocycles. The van der Waals surface area contributed by atoms with Crippen molar-refractivity contribution in [2.45, 2.75) is 6.54 Å². The van der Waals surface area contributed by atoms with E-state index in [9.17, 15) is 9.59 Å². The van der Waals surface area contributed by atoms with E-state index in [1.165, 1.54) is 11.6 Å². The van der Waals surface area contributed by atoms with Crippen LogP contribution < -0.4 is 28.6 Å². The second kappa shape index (κ2) is 8.57. The van der Waals surface area contributed by atoms with Crippen LogP contribution in [-0.2, 0) is 25.4 Å². The third-order valence-corrected chi connectivity index (χ3v) is 4.39. The number of nitrogens with zero attached hydrogens (tertiary/aromatic N) is 7. The molecule has 0 bridgehead atoms. The lowest BCUT2D eigenvalue weighted by molar-refractivity contribution is -0.00000647. The molecule has 0 amide bonds. The molecule has 0 aromatic carbocycles. The second-order valence-corrected chi connectivity index (χ2v) is 6.53. The molecule has 1 aliphatic rings. The number of aromatic nitrogens is 4. The number of hydrogen-bond donors (Lipinski definition) is 0. The Kier molecular flexibility index (Phi) is 6.66. The molecule has 0 unspecified atom stereocenters. The summed E-state index contributed by atoms with van der Waals surface area (Å²) in [6.07, 6.45) is 1.74. The van der Waals surface area contributed by atoms with Gasteiger partial charge in [0.15, 0.2) is 11.2 Å². The molecule has 3 rings (SSSR count). The van der Waals surface area contributed by atoms with Gasteiger partial charge in [-0.3, -0.25) is 18.9 Å². The van der Waals surface area contributed by atoms with E-state index in [0.29, 0.717) is 56.5 Å². The summed E-state index contributed by atoms with van der Waals surface area (Å²) in [6, 6.07) is 0. The summed E-state index contributed by atoms with van der Waals surface area (Å²) in [5.74, 6) is 0.682. The first-order valence-corrected chi connectivity index (χ1v) is 8.57. The summed E-state index contributed by atoms with van der Waals surface area (Å²) in [5.41, 5.74) is 0.102. The van der Waals surface area contributed by atoms with Gasteiger partial charge in [-0.05, 0) is 0 Å². The molecule has 0 atom stereocenters. The third-order valence-electron chi connectivity index (χ3n) is 4.39. The maximum absolute atomic E-state index is 12.8. The maximum Gasteiger partial charge on any atom is 1.00 e. The Bertz CT molecular complexity index is 944. The molecule has 150 valence electrons. The summed E-state index contributed by atoms with van der Waals surface area (Å²) in [5, 5.41) is 0. The van der Waals surface area contributed by atoms with Crippen molar-refractivity contribution in [3.63, 3.8) is 0 Å². The van der Waals surface area contributed by atoms with Gasteiger partial charge in [0.25, 0.3) is 5.56 Å². The van der Waals surface area contributed by atoms with Crippen molar-refractivity contribution in [2.24, 2.45) is 19.1 Å². The van der Waals surface area contributed by atoms with Crippen molar-refractivity contribution in [1.82, 2.24) is 23.6 Å². The smallest absolute Gasteiger partial charge is 1.00 e. The number of morpholine rings is 1. The van der Waals surface area contributed by atoms with Gasteiger partial charge in [0.1, 0.15) is 0 Å². The van der Waals surface area contributed by atoms with Gasteiger partial charge in [-0.25, -0.2) is 4.79 Å². The largest absolute Gasteiger partial charge is 1.00 e. The fourth-order valence-electron chi connectivity index (χ4n) is 3.03. The van der Waals surface area contributed by atoms with Crippen LogP contribution in [0.3, 0.4) is 0 Å². The highest BCUT2D eigenvalue weighted by molar-refractivity contribution is 5.74. The zero-order chi connectivity index (χ0) is 18.8. The van der Waals surface area contributed by atoms with Crippen molar-refractivity contribution in [3.8, 4) is 0 Å². The SMILES string of the molecule is CN(C)C=NCCn1c(N2CCOCC2)nc2c1c(=O)n(C)c(=O)n2C.[Cl-].[H+]. The number of imidazole rings is 1. The Balaban J connectivity index is 0.00000196. The van der Waals surface area contributed by atoms with Crippen molar-refractivity contribution >= 4 is 23.5 Å². The molecule has 0 N–H and O–H groups in total. The van der Waals surface area contributed by atoms with Crippen molar-refractivity contribution < 1.29 is 18.6 Å². The van der Waals surface area contributed by atoms with Crippen LogP contribution in [0.25, 0.3) is 11.2 Å². The van der Waals surface area contributed by atoms with Crippen LogP contribution in [0.1, 0.15) is 1.43 Å². The minimum Gasteiger partial charge on any atom is -1.00 e. The van der Waals surface area contributed by atoms with Gasteiger partial charge in [-0.15, -0.1) is 0 Å². The number of fused-ring (bicyclic) bond motifs is 1. The van der Waals surface area contributed by atoms with E-state index in [-0.39, 0.29) is 25.1 Å². The molecule has 1 saturated heterocycles. The van der Waals surface area contributed by atoms with Gasteiger partial charge in [0, 0.05) is 47.8 Å². The number of hydrogen-bond acceptors (Lipinski definition) is 6. The van der Waals surface area contributed by atoms with E-state index < -0.39 is 0 Å². The third kappa shape index (κ3) is 4.01. The predicted octanol–water partition coefficient (Wildman–Crippen LogP) is -4.02. The molecule has 11 heteroatoms. The van der Waals surface area contributed by atoms with Crippen LogP contribution in [0.4, 0.5) is 5.95 Å². The quantitative estimate of drug-likeness (QED) is 0.376. The first-order valence-electron chi connectivity index (χ1n) is 8.57. The highest BCUT2D eigenvalue weighted by atomic mass is 35.5. The highest BCUT2D eigenvalue weighted by Gasteiger charge is 2.23. The fraction of sp³-hybridized carbons (Fsp3) is 0.625. The molecule has 2 aromatic rings. The number of anilines is 1. The van der Waals surface area contributed by atoms with E-state index in [2.05, 4.69) is 14.9 Å². The molecule has 1 fully saturated rings. The summed E-state index contributed by atoms with van der Waals surface area (Å²) in [4.78, 5) is 37.9. The first-order chi connectivity index (χ1) is 12.4. The maximum atomic E-state index is 12.8. The Morgan fingerprint density at radius 3 is 2.52 bits per heavy atom. The average molecular weight is 400 g/mol. The lowest BCUT2D eigenvalue weighted by Gasteiger charge is -2.28. The van der Waals surface area contributed by atoms with Crippen LogP contribution in [-0.4, -0.2) is 76.9 Å². The Labute approximate surface area is 164 Å². The van der Waals surface area contributed by atoms with Gasteiger partial charge in [-0.1, -0.05) is 0 Å². The van der Waals surface area contributed by atoms with Crippen molar-refractivity contribution in [2.75, 3.05) is 51.8 Å². The number of aliphatic imine (C=N–C) groups is 1. The highest BCUT2D eigenvalue weighted by Crippen LogP contribution is 2.20. The minimum absolute atomic E-state index is 0. The van der Waals surface area contributed by atoms with E-state index in [4.69, 9.17) is 4.74 Å². The zero-order valence-corrected chi connectivity index (χ0v) is 16.8. The number of halogens is 1. The molecule has 2 aromatic heterocycles. The average Bonchev–Trinajstić information content (AvgIpc) is 3.02. The Hall–Kier alpha value is -2.33. The predicted molar refractivity (Wildman–Crippen MR) is 101 cm³/mol. The molecule has 0 spiro atoms. The van der Waals surface area contributed by atoms with Crippen molar-refractivity contribution in [3.05, 3.63) is 20.8 Å².